The van der Waals surface area contributed by atoms with E-state index in [0.29, 0.717) is 11.7 Å². The maximum absolute atomic E-state index is 10.8. The van der Waals surface area contributed by atoms with E-state index >= 15 is 0 Å². The molecule has 4 nitrogen and oxygen atoms in total. The van der Waals surface area contributed by atoms with Crippen LogP contribution >= 0.6 is 11.8 Å². The third-order valence-electron chi connectivity index (χ3n) is 2.89. The standard InChI is InChI=1S/C17H18N2O2S/c1-19(12-14-8-4-2-5-9-14)17(22-13-16(20)21)18-15-10-6-3-7-11-15/h2-11H,12-13H2,1H3,(H,20,21). The summed E-state index contributed by atoms with van der Waals surface area (Å²) in [5, 5.41) is 9.60. The monoisotopic (exact) mass is 314 g/mol. The summed E-state index contributed by atoms with van der Waals surface area (Å²) >= 11 is 1.23. The first kappa shape index (κ1) is 16.1. The summed E-state index contributed by atoms with van der Waals surface area (Å²) in [5.74, 6) is -0.857. The minimum atomic E-state index is -0.848. The molecule has 2 aromatic rings. The fourth-order valence-corrected chi connectivity index (χ4v) is 2.60. The molecular formula is C17H18N2O2S. The van der Waals surface area contributed by atoms with E-state index in [1.54, 1.807) is 0 Å². The summed E-state index contributed by atoms with van der Waals surface area (Å²) in [6.07, 6.45) is 0. The van der Waals surface area contributed by atoms with E-state index in [0.717, 1.165) is 11.3 Å². The molecule has 0 heterocycles. The molecule has 0 unspecified atom stereocenters. The number of hydrogen-bond donors (Lipinski definition) is 1. The molecule has 0 aliphatic carbocycles. The quantitative estimate of drug-likeness (QED) is 0.676. The van der Waals surface area contributed by atoms with E-state index in [9.17, 15) is 4.79 Å². The Morgan fingerprint density at radius 3 is 2.27 bits per heavy atom. The van der Waals surface area contributed by atoms with Gasteiger partial charge in [-0.2, -0.15) is 0 Å². The fraction of sp³-hybridized carbons (Fsp3) is 0.176. The highest BCUT2D eigenvalue weighted by Crippen LogP contribution is 2.18. The first-order valence-electron chi connectivity index (χ1n) is 6.88. The zero-order chi connectivity index (χ0) is 15.8. The second-order valence-corrected chi connectivity index (χ2v) is 5.70. The van der Waals surface area contributed by atoms with Crippen LogP contribution in [0, 0.1) is 0 Å². The first-order valence-corrected chi connectivity index (χ1v) is 7.87. The highest BCUT2D eigenvalue weighted by atomic mass is 32.2. The number of thioether (sulfide) groups is 1. The SMILES string of the molecule is CN(Cc1ccccc1)C(=Nc1ccccc1)SCC(=O)O. The summed E-state index contributed by atoms with van der Waals surface area (Å²) in [7, 11) is 1.92. The number of nitrogens with zero attached hydrogens (tertiary/aromatic N) is 2. The van der Waals surface area contributed by atoms with Crippen molar-refractivity contribution in [3.8, 4) is 0 Å². The third kappa shape index (κ3) is 5.26. The Labute approximate surface area is 134 Å². The summed E-state index contributed by atoms with van der Waals surface area (Å²) < 4.78 is 0. The Balaban J connectivity index is 2.16. The second-order valence-electron chi connectivity index (χ2n) is 4.75. The summed E-state index contributed by atoms with van der Waals surface area (Å²) in [6.45, 7) is 0.680. The number of aliphatic carboxylic acids is 1. The van der Waals surface area contributed by atoms with Crippen LogP contribution in [0.1, 0.15) is 5.56 Å². The van der Waals surface area contributed by atoms with Crippen molar-refractivity contribution in [3.63, 3.8) is 0 Å². The number of carbonyl (C=O) groups is 1. The van der Waals surface area contributed by atoms with Gasteiger partial charge in [-0.05, 0) is 17.7 Å². The molecule has 22 heavy (non-hydrogen) atoms. The van der Waals surface area contributed by atoms with Gasteiger partial charge in [0.25, 0.3) is 0 Å². The lowest BCUT2D eigenvalue weighted by atomic mass is 10.2. The molecular weight excluding hydrogens is 296 g/mol. The fourth-order valence-electron chi connectivity index (χ4n) is 1.89. The van der Waals surface area contributed by atoms with E-state index in [-0.39, 0.29) is 5.75 Å². The first-order chi connectivity index (χ1) is 10.6. The highest BCUT2D eigenvalue weighted by Gasteiger charge is 2.11. The zero-order valence-corrected chi connectivity index (χ0v) is 13.2. The van der Waals surface area contributed by atoms with Gasteiger partial charge in [0.05, 0.1) is 11.4 Å². The Morgan fingerprint density at radius 1 is 1.09 bits per heavy atom. The average molecular weight is 314 g/mol. The molecule has 0 atom stereocenters. The van der Waals surface area contributed by atoms with E-state index in [4.69, 9.17) is 5.11 Å². The van der Waals surface area contributed by atoms with Gasteiger partial charge in [0.1, 0.15) is 0 Å². The normalized spacial score (nSPS) is 11.2. The predicted molar refractivity (Wildman–Crippen MR) is 91.5 cm³/mol. The largest absolute Gasteiger partial charge is 0.481 e. The minimum absolute atomic E-state index is 0.00913. The molecule has 2 aromatic carbocycles. The predicted octanol–water partition coefficient (Wildman–Crippen LogP) is 3.62. The lowest BCUT2D eigenvalue weighted by Crippen LogP contribution is -2.24. The number of benzene rings is 2. The van der Waals surface area contributed by atoms with Crippen LogP contribution in [-0.4, -0.2) is 33.9 Å². The average Bonchev–Trinajstić information content (AvgIpc) is 2.53. The molecule has 1 N–H and O–H groups in total. The van der Waals surface area contributed by atoms with Crippen LogP contribution in [0.4, 0.5) is 5.69 Å². The van der Waals surface area contributed by atoms with E-state index in [1.807, 2.05) is 72.6 Å². The molecule has 0 spiro atoms. The number of aliphatic imine (C=N–C) groups is 1. The Hall–Kier alpha value is -2.27. The molecule has 0 aliphatic heterocycles. The van der Waals surface area contributed by atoms with Crippen molar-refractivity contribution in [1.29, 1.82) is 0 Å². The van der Waals surface area contributed by atoms with Gasteiger partial charge in [0.2, 0.25) is 0 Å². The number of rotatable bonds is 5. The molecule has 0 saturated carbocycles. The molecule has 0 bridgehead atoms. The summed E-state index contributed by atoms with van der Waals surface area (Å²) in [5.41, 5.74) is 1.97. The van der Waals surface area contributed by atoms with E-state index in [1.165, 1.54) is 11.8 Å². The molecule has 0 aliphatic rings. The van der Waals surface area contributed by atoms with Crippen LogP contribution in [0.25, 0.3) is 0 Å². The van der Waals surface area contributed by atoms with Crippen molar-refractivity contribution in [3.05, 3.63) is 66.2 Å². The zero-order valence-electron chi connectivity index (χ0n) is 12.3. The lowest BCUT2D eigenvalue weighted by molar-refractivity contribution is -0.133. The van der Waals surface area contributed by atoms with Crippen LogP contribution in [0.3, 0.4) is 0 Å². The van der Waals surface area contributed by atoms with Crippen LogP contribution in [0.15, 0.2) is 65.7 Å². The third-order valence-corrected chi connectivity index (χ3v) is 3.95. The molecule has 0 amide bonds. The summed E-state index contributed by atoms with van der Waals surface area (Å²) in [6, 6.07) is 19.6. The smallest absolute Gasteiger partial charge is 0.313 e. The van der Waals surface area contributed by atoms with Gasteiger partial charge in [0.15, 0.2) is 5.17 Å². The maximum atomic E-state index is 10.8. The Morgan fingerprint density at radius 2 is 1.68 bits per heavy atom. The number of amidine groups is 1. The van der Waals surface area contributed by atoms with Gasteiger partial charge in [-0.3, -0.25) is 4.79 Å². The van der Waals surface area contributed by atoms with Gasteiger partial charge >= 0.3 is 5.97 Å². The Bertz CT molecular complexity index is 630. The van der Waals surface area contributed by atoms with Gasteiger partial charge < -0.3 is 10.0 Å². The topological polar surface area (TPSA) is 52.9 Å². The molecule has 0 saturated heterocycles. The van der Waals surface area contributed by atoms with Crippen molar-refractivity contribution in [2.24, 2.45) is 4.99 Å². The summed E-state index contributed by atoms with van der Waals surface area (Å²) in [4.78, 5) is 17.4. The molecule has 114 valence electrons. The Kier molecular flexibility index (Phi) is 6.03. The molecule has 5 heteroatoms. The van der Waals surface area contributed by atoms with Crippen LogP contribution in [0.5, 0.6) is 0 Å². The lowest BCUT2D eigenvalue weighted by Gasteiger charge is -2.20. The molecule has 0 radical (unpaired) electrons. The number of hydrogen-bond acceptors (Lipinski definition) is 3. The maximum Gasteiger partial charge on any atom is 0.313 e. The van der Waals surface area contributed by atoms with E-state index in [2.05, 4.69) is 4.99 Å². The van der Waals surface area contributed by atoms with Gasteiger partial charge in [0, 0.05) is 13.6 Å². The van der Waals surface area contributed by atoms with E-state index < -0.39 is 5.97 Å². The van der Waals surface area contributed by atoms with Crippen molar-refractivity contribution < 1.29 is 9.90 Å². The molecule has 0 fully saturated rings. The van der Waals surface area contributed by atoms with Crippen molar-refractivity contribution in [2.75, 3.05) is 12.8 Å². The second kappa shape index (κ2) is 8.24. The number of para-hydroxylation sites is 1. The van der Waals surface area contributed by atoms with Gasteiger partial charge in [-0.25, -0.2) is 4.99 Å². The van der Waals surface area contributed by atoms with Gasteiger partial charge in [-0.15, -0.1) is 0 Å². The van der Waals surface area contributed by atoms with Crippen molar-refractivity contribution in [2.45, 2.75) is 6.54 Å². The number of carboxylic acid groups (broad SMARTS) is 1. The van der Waals surface area contributed by atoms with Crippen LogP contribution < -0.4 is 0 Å². The van der Waals surface area contributed by atoms with Crippen LogP contribution in [0.2, 0.25) is 0 Å². The highest BCUT2D eigenvalue weighted by molar-refractivity contribution is 8.14. The van der Waals surface area contributed by atoms with Gasteiger partial charge in [-0.1, -0.05) is 60.3 Å². The number of carboxylic acids is 1. The molecule has 0 aromatic heterocycles. The minimum Gasteiger partial charge on any atom is -0.481 e. The molecule has 2 rings (SSSR count). The van der Waals surface area contributed by atoms with Crippen molar-refractivity contribution in [1.82, 2.24) is 4.90 Å². The van der Waals surface area contributed by atoms with Crippen LogP contribution in [-0.2, 0) is 11.3 Å². The van der Waals surface area contributed by atoms with Crippen molar-refractivity contribution >= 4 is 28.6 Å².